The summed E-state index contributed by atoms with van der Waals surface area (Å²) in [4.78, 5) is 6.15. The third kappa shape index (κ3) is 3.43. The van der Waals surface area contributed by atoms with Crippen molar-refractivity contribution in [3.63, 3.8) is 0 Å². The van der Waals surface area contributed by atoms with Crippen molar-refractivity contribution in [2.45, 2.75) is 26.3 Å². The van der Waals surface area contributed by atoms with Crippen LogP contribution >= 0.6 is 0 Å². The molecule has 0 saturated heterocycles. The molecule has 5 nitrogen and oxygen atoms in total. The van der Waals surface area contributed by atoms with E-state index in [1.807, 2.05) is 11.9 Å². The van der Waals surface area contributed by atoms with E-state index in [2.05, 4.69) is 17.1 Å². The highest BCUT2D eigenvalue weighted by molar-refractivity contribution is 4.85. The van der Waals surface area contributed by atoms with Crippen LogP contribution in [0.5, 0.6) is 0 Å². The standard InChI is InChI=1S/C9H17N3O2/c1-3-4-8-10-9(14-11-8)7-12(2)5-6-13/h13H,3-7H2,1-2H3. The van der Waals surface area contributed by atoms with E-state index in [1.54, 1.807) is 0 Å². The molecule has 1 heterocycles. The molecule has 5 heteroatoms. The topological polar surface area (TPSA) is 62.4 Å². The third-order valence-corrected chi connectivity index (χ3v) is 1.87. The lowest BCUT2D eigenvalue weighted by atomic mass is 10.3. The van der Waals surface area contributed by atoms with Crippen molar-refractivity contribution in [1.29, 1.82) is 0 Å². The summed E-state index contributed by atoms with van der Waals surface area (Å²) in [5.41, 5.74) is 0. The highest BCUT2D eigenvalue weighted by Gasteiger charge is 2.07. The Morgan fingerprint density at radius 1 is 1.50 bits per heavy atom. The summed E-state index contributed by atoms with van der Waals surface area (Å²) in [6.07, 6.45) is 1.87. The van der Waals surface area contributed by atoms with E-state index >= 15 is 0 Å². The van der Waals surface area contributed by atoms with Crippen molar-refractivity contribution >= 4 is 0 Å². The maximum Gasteiger partial charge on any atom is 0.240 e. The molecule has 1 aromatic heterocycles. The summed E-state index contributed by atoms with van der Waals surface area (Å²) in [7, 11) is 1.90. The fraction of sp³-hybridized carbons (Fsp3) is 0.778. The monoisotopic (exact) mass is 199 g/mol. The van der Waals surface area contributed by atoms with Crippen LogP contribution in [-0.4, -0.2) is 40.3 Å². The normalized spacial score (nSPS) is 11.1. The molecule has 0 aliphatic heterocycles. The van der Waals surface area contributed by atoms with Gasteiger partial charge in [-0.25, -0.2) is 0 Å². The van der Waals surface area contributed by atoms with Gasteiger partial charge in [-0.1, -0.05) is 12.1 Å². The fourth-order valence-corrected chi connectivity index (χ4v) is 1.16. The van der Waals surface area contributed by atoms with E-state index < -0.39 is 0 Å². The van der Waals surface area contributed by atoms with Gasteiger partial charge in [0.2, 0.25) is 5.89 Å². The van der Waals surface area contributed by atoms with E-state index in [4.69, 9.17) is 9.63 Å². The summed E-state index contributed by atoms with van der Waals surface area (Å²) in [6.45, 7) is 3.43. The minimum atomic E-state index is 0.145. The van der Waals surface area contributed by atoms with Gasteiger partial charge >= 0.3 is 0 Å². The zero-order valence-corrected chi connectivity index (χ0v) is 8.73. The molecule has 1 aromatic rings. The van der Waals surface area contributed by atoms with E-state index in [9.17, 15) is 0 Å². The summed E-state index contributed by atoms with van der Waals surface area (Å²) in [5.74, 6) is 1.38. The van der Waals surface area contributed by atoms with Crippen molar-refractivity contribution in [2.24, 2.45) is 0 Å². The maximum atomic E-state index is 8.70. The van der Waals surface area contributed by atoms with E-state index in [0.29, 0.717) is 19.0 Å². The number of aryl methyl sites for hydroxylation is 1. The smallest absolute Gasteiger partial charge is 0.240 e. The third-order valence-electron chi connectivity index (χ3n) is 1.87. The lowest BCUT2D eigenvalue weighted by Gasteiger charge is -2.10. The van der Waals surface area contributed by atoms with Crippen molar-refractivity contribution in [3.8, 4) is 0 Å². The van der Waals surface area contributed by atoms with Crippen molar-refractivity contribution in [3.05, 3.63) is 11.7 Å². The highest BCUT2D eigenvalue weighted by atomic mass is 16.5. The van der Waals surface area contributed by atoms with Crippen molar-refractivity contribution in [1.82, 2.24) is 15.0 Å². The van der Waals surface area contributed by atoms with Gasteiger partial charge in [-0.2, -0.15) is 4.98 Å². The summed E-state index contributed by atoms with van der Waals surface area (Å²) >= 11 is 0. The van der Waals surface area contributed by atoms with Crippen LogP contribution < -0.4 is 0 Å². The number of rotatable bonds is 6. The minimum absolute atomic E-state index is 0.145. The van der Waals surface area contributed by atoms with Gasteiger partial charge in [0.1, 0.15) is 0 Å². The zero-order valence-electron chi connectivity index (χ0n) is 8.73. The first-order valence-electron chi connectivity index (χ1n) is 4.87. The summed E-state index contributed by atoms with van der Waals surface area (Å²) in [6, 6.07) is 0. The molecule has 0 aliphatic rings. The van der Waals surface area contributed by atoms with Crippen LogP contribution in [0.1, 0.15) is 25.1 Å². The maximum absolute atomic E-state index is 8.70. The van der Waals surface area contributed by atoms with Crippen molar-refractivity contribution in [2.75, 3.05) is 20.2 Å². The van der Waals surface area contributed by atoms with Gasteiger partial charge in [-0.15, -0.1) is 0 Å². The molecular weight excluding hydrogens is 182 g/mol. The average molecular weight is 199 g/mol. The number of likely N-dealkylation sites (N-methyl/N-ethyl adjacent to an activating group) is 1. The summed E-state index contributed by atoms with van der Waals surface area (Å²) in [5, 5.41) is 12.5. The van der Waals surface area contributed by atoms with Gasteiger partial charge < -0.3 is 9.63 Å². The number of aromatic nitrogens is 2. The number of hydrogen-bond donors (Lipinski definition) is 1. The minimum Gasteiger partial charge on any atom is -0.395 e. The Hall–Kier alpha value is -0.940. The first-order chi connectivity index (χ1) is 6.76. The molecule has 80 valence electrons. The SMILES string of the molecule is CCCc1noc(CN(C)CCO)n1. The van der Waals surface area contributed by atoms with Crippen LogP contribution in [-0.2, 0) is 13.0 Å². The lowest BCUT2D eigenvalue weighted by Crippen LogP contribution is -2.21. The Kier molecular flexibility index (Phi) is 4.55. The molecule has 0 saturated carbocycles. The molecule has 14 heavy (non-hydrogen) atoms. The molecule has 1 rings (SSSR count). The molecule has 0 aromatic carbocycles. The van der Waals surface area contributed by atoms with Gasteiger partial charge in [0.05, 0.1) is 13.2 Å². The number of aliphatic hydroxyl groups is 1. The Morgan fingerprint density at radius 2 is 2.29 bits per heavy atom. The van der Waals surface area contributed by atoms with Gasteiger partial charge in [0.15, 0.2) is 5.82 Å². The molecule has 1 N–H and O–H groups in total. The van der Waals surface area contributed by atoms with Crippen LogP contribution in [0.15, 0.2) is 4.52 Å². The average Bonchev–Trinajstić information content (AvgIpc) is 2.53. The Morgan fingerprint density at radius 3 is 2.93 bits per heavy atom. The van der Waals surface area contributed by atoms with Gasteiger partial charge in [0, 0.05) is 13.0 Å². The molecular formula is C9H17N3O2. The van der Waals surface area contributed by atoms with Gasteiger partial charge in [-0.05, 0) is 13.5 Å². The fourth-order valence-electron chi connectivity index (χ4n) is 1.16. The van der Waals surface area contributed by atoms with E-state index in [1.165, 1.54) is 0 Å². The van der Waals surface area contributed by atoms with E-state index in [0.717, 1.165) is 18.7 Å². The molecule has 0 aliphatic carbocycles. The number of nitrogens with zero attached hydrogens (tertiary/aromatic N) is 3. The molecule has 0 atom stereocenters. The molecule has 0 spiro atoms. The molecule has 0 bridgehead atoms. The first-order valence-corrected chi connectivity index (χ1v) is 4.87. The Bertz CT molecular complexity index is 262. The number of hydrogen-bond acceptors (Lipinski definition) is 5. The van der Waals surface area contributed by atoms with Crippen LogP contribution in [0.25, 0.3) is 0 Å². The second kappa shape index (κ2) is 5.72. The summed E-state index contributed by atoms with van der Waals surface area (Å²) < 4.78 is 5.05. The molecule has 0 fully saturated rings. The van der Waals surface area contributed by atoms with Gasteiger partial charge in [-0.3, -0.25) is 4.90 Å². The van der Waals surface area contributed by atoms with Crippen LogP contribution in [0.3, 0.4) is 0 Å². The second-order valence-corrected chi connectivity index (χ2v) is 3.32. The van der Waals surface area contributed by atoms with Crippen LogP contribution in [0.2, 0.25) is 0 Å². The number of aliphatic hydroxyl groups excluding tert-OH is 1. The first kappa shape index (κ1) is 11.1. The molecule has 0 radical (unpaired) electrons. The van der Waals surface area contributed by atoms with E-state index in [-0.39, 0.29) is 6.61 Å². The second-order valence-electron chi connectivity index (χ2n) is 3.32. The predicted molar refractivity (Wildman–Crippen MR) is 51.7 cm³/mol. The Balaban J connectivity index is 2.42. The zero-order chi connectivity index (χ0) is 10.4. The van der Waals surface area contributed by atoms with Crippen LogP contribution in [0.4, 0.5) is 0 Å². The highest BCUT2D eigenvalue weighted by Crippen LogP contribution is 2.02. The van der Waals surface area contributed by atoms with Crippen LogP contribution in [0, 0.1) is 0 Å². The van der Waals surface area contributed by atoms with Crippen molar-refractivity contribution < 1.29 is 9.63 Å². The Labute approximate surface area is 83.7 Å². The van der Waals surface area contributed by atoms with Gasteiger partial charge in [0.25, 0.3) is 0 Å². The largest absolute Gasteiger partial charge is 0.395 e. The quantitative estimate of drug-likeness (QED) is 0.720. The lowest BCUT2D eigenvalue weighted by molar-refractivity contribution is 0.200. The predicted octanol–water partition coefficient (Wildman–Crippen LogP) is 0.446. The molecule has 0 unspecified atom stereocenters. The molecule has 0 amide bonds.